The molecule has 0 fully saturated rings. The van der Waals surface area contributed by atoms with Gasteiger partial charge in [0, 0.05) is 18.3 Å². The smallest absolute Gasteiger partial charge is 0.213 e. The number of pyridine rings is 1. The number of nitrogens with two attached hydrogens (primary N) is 1. The zero-order chi connectivity index (χ0) is 17.5. The highest BCUT2D eigenvalue weighted by Gasteiger charge is 2.10. The van der Waals surface area contributed by atoms with Crippen LogP contribution in [-0.4, -0.2) is 24.7 Å². The first-order valence-electron chi connectivity index (χ1n) is 7.96. The normalized spacial score (nSPS) is 11.8. The van der Waals surface area contributed by atoms with Gasteiger partial charge >= 0.3 is 0 Å². The van der Waals surface area contributed by atoms with E-state index in [1.807, 2.05) is 24.3 Å². The van der Waals surface area contributed by atoms with Gasteiger partial charge < -0.3 is 15.2 Å². The quantitative estimate of drug-likeness (QED) is 0.844. The number of hydrogen-bond acceptors (Lipinski definition) is 5. The summed E-state index contributed by atoms with van der Waals surface area (Å²) in [5.41, 5.74) is 8.36. The van der Waals surface area contributed by atoms with E-state index in [9.17, 15) is 5.26 Å². The zero-order valence-electron chi connectivity index (χ0n) is 14.3. The lowest BCUT2D eigenvalue weighted by molar-refractivity contribution is 0.270. The lowest BCUT2D eigenvalue weighted by Crippen LogP contribution is -2.29. The molecule has 0 saturated heterocycles. The molecule has 2 aromatic rings. The summed E-state index contributed by atoms with van der Waals surface area (Å²) in [5.74, 6) is 1.61. The average molecular weight is 325 g/mol. The number of nitrogens with zero attached hydrogens (tertiary/aromatic N) is 2. The Labute approximate surface area is 143 Å². The van der Waals surface area contributed by atoms with Crippen LogP contribution in [0.4, 0.5) is 0 Å². The van der Waals surface area contributed by atoms with Crippen molar-refractivity contribution < 1.29 is 9.47 Å². The zero-order valence-corrected chi connectivity index (χ0v) is 14.3. The van der Waals surface area contributed by atoms with Crippen LogP contribution >= 0.6 is 0 Å². The van der Waals surface area contributed by atoms with Crippen molar-refractivity contribution in [1.82, 2.24) is 4.98 Å². The summed E-state index contributed by atoms with van der Waals surface area (Å²) in [6, 6.07) is 11.4. The highest BCUT2D eigenvalue weighted by molar-refractivity contribution is 5.67. The molecule has 5 nitrogen and oxygen atoms in total. The molecule has 5 heteroatoms. The first kappa shape index (κ1) is 17.8. The van der Waals surface area contributed by atoms with E-state index in [0.29, 0.717) is 29.7 Å². The van der Waals surface area contributed by atoms with E-state index in [-0.39, 0.29) is 6.04 Å². The van der Waals surface area contributed by atoms with Crippen molar-refractivity contribution >= 4 is 0 Å². The summed E-state index contributed by atoms with van der Waals surface area (Å²) in [6.45, 7) is 4.64. The van der Waals surface area contributed by atoms with Gasteiger partial charge in [0.05, 0.1) is 12.7 Å². The third-order valence-electron chi connectivity index (χ3n) is 3.60. The molecule has 0 aliphatic heterocycles. The molecule has 0 unspecified atom stereocenters. The predicted octanol–water partition coefficient (Wildman–Crippen LogP) is 3.38. The number of aromatic nitrogens is 1. The fraction of sp³-hybridized carbons (Fsp3) is 0.368. The van der Waals surface area contributed by atoms with E-state index in [1.165, 1.54) is 0 Å². The van der Waals surface area contributed by atoms with Crippen molar-refractivity contribution in [3.8, 4) is 28.8 Å². The number of hydrogen-bond donors (Lipinski definition) is 1. The molecule has 1 aromatic heterocycles. The van der Waals surface area contributed by atoms with Gasteiger partial charge in [-0.15, -0.1) is 0 Å². The van der Waals surface area contributed by atoms with Crippen LogP contribution in [0.2, 0.25) is 0 Å². The molecule has 0 aliphatic rings. The van der Waals surface area contributed by atoms with Crippen LogP contribution in [0.5, 0.6) is 11.6 Å². The third kappa shape index (κ3) is 4.71. The molecule has 0 saturated carbocycles. The average Bonchev–Trinajstić information content (AvgIpc) is 2.59. The number of methoxy groups -OCH3 is 1. The van der Waals surface area contributed by atoms with Crippen LogP contribution in [0.15, 0.2) is 36.5 Å². The maximum Gasteiger partial charge on any atom is 0.213 e. The van der Waals surface area contributed by atoms with Crippen molar-refractivity contribution in [2.24, 2.45) is 11.7 Å². The van der Waals surface area contributed by atoms with Crippen LogP contribution < -0.4 is 15.2 Å². The number of rotatable bonds is 7. The molecule has 0 spiro atoms. The first-order valence-corrected chi connectivity index (χ1v) is 7.96. The molecule has 0 radical (unpaired) electrons. The Morgan fingerprint density at radius 1 is 1.21 bits per heavy atom. The highest BCUT2D eigenvalue weighted by atomic mass is 16.5. The van der Waals surface area contributed by atoms with E-state index < -0.39 is 0 Å². The van der Waals surface area contributed by atoms with E-state index in [4.69, 9.17) is 15.2 Å². The van der Waals surface area contributed by atoms with Gasteiger partial charge in [-0.3, -0.25) is 0 Å². The minimum atomic E-state index is -0.0410. The first-order chi connectivity index (χ1) is 11.5. The minimum absolute atomic E-state index is 0.0410. The van der Waals surface area contributed by atoms with Crippen LogP contribution in [0.3, 0.4) is 0 Å². The molecule has 24 heavy (non-hydrogen) atoms. The van der Waals surface area contributed by atoms with Gasteiger partial charge in [-0.05, 0) is 41.7 Å². The number of ether oxygens (including phenoxy) is 2. The highest BCUT2D eigenvalue weighted by Crippen LogP contribution is 2.28. The lowest BCUT2D eigenvalue weighted by atomic mass is 10.0. The van der Waals surface area contributed by atoms with E-state index in [1.54, 1.807) is 19.4 Å². The fourth-order valence-corrected chi connectivity index (χ4v) is 2.49. The molecule has 0 bridgehead atoms. The van der Waals surface area contributed by atoms with Gasteiger partial charge in [0.2, 0.25) is 5.88 Å². The monoisotopic (exact) mass is 325 g/mol. The minimum Gasteiger partial charge on any atom is -0.491 e. The SMILES string of the molecule is COc1cc(-c2ccc(OC[C@@H](N)CC(C)C)c(C#N)c2)ccn1. The maximum absolute atomic E-state index is 9.40. The van der Waals surface area contributed by atoms with Crippen LogP contribution in [-0.2, 0) is 0 Å². The van der Waals surface area contributed by atoms with E-state index >= 15 is 0 Å². The van der Waals surface area contributed by atoms with Crippen molar-refractivity contribution in [2.75, 3.05) is 13.7 Å². The second-order valence-corrected chi connectivity index (χ2v) is 6.11. The fourth-order valence-electron chi connectivity index (χ4n) is 2.49. The van der Waals surface area contributed by atoms with Gasteiger partial charge in [0.25, 0.3) is 0 Å². The maximum atomic E-state index is 9.40. The number of benzene rings is 1. The Balaban J connectivity index is 2.17. The van der Waals surface area contributed by atoms with Crippen LogP contribution in [0.1, 0.15) is 25.8 Å². The van der Waals surface area contributed by atoms with Crippen molar-refractivity contribution in [3.05, 3.63) is 42.1 Å². The molecular formula is C19H23N3O2. The van der Waals surface area contributed by atoms with Gasteiger partial charge in [-0.2, -0.15) is 5.26 Å². The van der Waals surface area contributed by atoms with Crippen LogP contribution in [0.25, 0.3) is 11.1 Å². The Morgan fingerprint density at radius 3 is 2.62 bits per heavy atom. The second kappa shape index (κ2) is 8.32. The van der Waals surface area contributed by atoms with Gasteiger partial charge in [0.15, 0.2) is 0 Å². The largest absolute Gasteiger partial charge is 0.491 e. The molecular weight excluding hydrogens is 302 g/mol. The molecule has 2 rings (SSSR count). The van der Waals surface area contributed by atoms with Crippen molar-refractivity contribution in [3.63, 3.8) is 0 Å². The molecule has 1 heterocycles. The van der Waals surface area contributed by atoms with Crippen LogP contribution in [0, 0.1) is 17.2 Å². The van der Waals surface area contributed by atoms with Gasteiger partial charge in [-0.25, -0.2) is 4.98 Å². The van der Waals surface area contributed by atoms with Crippen molar-refractivity contribution in [1.29, 1.82) is 5.26 Å². The van der Waals surface area contributed by atoms with Gasteiger partial charge in [0.1, 0.15) is 18.4 Å². The molecule has 1 aromatic carbocycles. The van der Waals surface area contributed by atoms with E-state index in [0.717, 1.165) is 17.5 Å². The van der Waals surface area contributed by atoms with E-state index in [2.05, 4.69) is 24.9 Å². The summed E-state index contributed by atoms with van der Waals surface area (Å²) in [4.78, 5) is 4.09. The summed E-state index contributed by atoms with van der Waals surface area (Å²) >= 11 is 0. The Morgan fingerprint density at radius 2 is 1.96 bits per heavy atom. The number of nitriles is 1. The second-order valence-electron chi connectivity index (χ2n) is 6.11. The summed E-state index contributed by atoms with van der Waals surface area (Å²) in [5, 5.41) is 9.40. The van der Waals surface area contributed by atoms with Crippen molar-refractivity contribution in [2.45, 2.75) is 26.3 Å². The summed E-state index contributed by atoms with van der Waals surface area (Å²) in [6.07, 6.45) is 2.56. The lowest BCUT2D eigenvalue weighted by Gasteiger charge is -2.16. The predicted molar refractivity (Wildman–Crippen MR) is 93.9 cm³/mol. The molecule has 0 amide bonds. The Bertz CT molecular complexity index is 723. The summed E-state index contributed by atoms with van der Waals surface area (Å²) in [7, 11) is 1.57. The standard InChI is InChI=1S/C19H23N3O2/c1-13(2)8-17(21)12-24-18-5-4-14(9-16(18)11-20)15-6-7-22-19(10-15)23-3/h4-7,9-10,13,17H,8,12,21H2,1-3H3/t17-/m0/s1. The molecule has 1 atom stereocenters. The third-order valence-corrected chi connectivity index (χ3v) is 3.60. The molecule has 0 aliphatic carbocycles. The summed E-state index contributed by atoms with van der Waals surface area (Å²) < 4.78 is 10.9. The Hall–Kier alpha value is -2.58. The topological polar surface area (TPSA) is 81.2 Å². The molecule has 126 valence electrons. The van der Waals surface area contributed by atoms with Gasteiger partial charge in [-0.1, -0.05) is 19.9 Å². The molecule has 2 N–H and O–H groups in total. The Kier molecular flexibility index (Phi) is 6.16.